The molecule has 32 heavy (non-hydrogen) atoms. The molecule has 1 aliphatic heterocycles. The molecule has 0 saturated carbocycles. The van der Waals surface area contributed by atoms with Crippen molar-refractivity contribution < 1.29 is 18.1 Å². The summed E-state index contributed by atoms with van der Waals surface area (Å²) in [4.78, 5) is 29.2. The largest absolute Gasteiger partial charge is 0.340 e. The minimum absolute atomic E-state index is 0.0344. The highest BCUT2D eigenvalue weighted by atomic mass is 32.2. The number of thiazole rings is 1. The first-order valence-electron chi connectivity index (χ1n) is 10.1. The van der Waals surface area contributed by atoms with Gasteiger partial charge in [-0.05, 0) is 24.6 Å². The molecule has 0 N–H and O–H groups in total. The Morgan fingerprint density at radius 2 is 1.88 bits per heavy atom. The van der Waals surface area contributed by atoms with E-state index in [1.165, 1.54) is 16.4 Å². The van der Waals surface area contributed by atoms with Crippen LogP contribution in [0.1, 0.15) is 17.0 Å². The van der Waals surface area contributed by atoms with Crippen LogP contribution in [0.25, 0.3) is 10.2 Å². The molecular formula is C21H22N4O5S2. The van der Waals surface area contributed by atoms with E-state index >= 15 is 0 Å². The molecule has 1 aliphatic rings. The lowest BCUT2D eigenvalue weighted by Gasteiger charge is -2.34. The van der Waals surface area contributed by atoms with E-state index in [1.807, 2.05) is 24.3 Å². The number of hydrogen-bond donors (Lipinski definition) is 0. The molecule has 0 bridgehead atoms. The maximum absolute atomic E-state index is 13.0. The summed E-state index contributed by atoms with van der Waals surface area (Å²) in [6.45, 7) is 2.48. The van der Waals surface area contributed by atoms with Gasteiger partial charge in [-0.2, -0.15) is 4.31 Å². The topological polar surface area (TPSA) is 114 Å². The van der Waals surface area contributed by atoms with E-state index in [0.717, 1.165) is 21.3 Å². The lowest BCUT2D eigenvalue weighted by atomic mass is 10.2. The number of aromatic nitrogens is 1. The van der Waals surface area contributed by atoms with Gasteiger partial charge in [-0.15, -0.1) is 11.3 Å². The molecule has 1 saturated heterocycles. The number of fused-ring (bicyclic) bond motifs is 1. The summed E-state index contributed by atoms with van der Waals surface area (Å²) >= 11 is 1.57. The van der Waals surface area contributed by atoms with Gasteiger partial charge in [0.1, 0.15) is 0 Å². The van der Waals surface area contributed by atoms with E-state index in [-0.39, 0.29) is 42.7 Å². The van der Waals surface area contributed by atoms with Crippen molar-refractivity contribution in [2.45, 2.75) is 24.7 Å². The van der Waals surface area contributed by atoms with Crippen LogP contribution in [-0.4, -0.2) is 59.6 Å². The maximum atomic E-state index is 13.0. The zero-order valence-electron chi connectivity index (χ0n) is 17.4. The normalized spacial score (nSPS) is 15.2. The summed E-state index contributed by atoms with van der Waals surface area (Å²) in [5.41, 5.74) is 1.11. The predicted octanol–water partition coefficient (Wildman–Crippen LogP) is 2.98. The van der Waals surface area contributed by atoms with Crippen molar-refractivity contribution in [2.75, 3.05) is 26.2 Å². The van der Waals surface area contributed by atoms with Crippen molar-refractivity contribution in [3.05, 3.63) is 63.1 Å². The van der Waals surface area contributed by atoms with E-state index in [4.69, 9.17) is 0 Å². The molecule has 168 valence electrons. The number of nitro groups is 1. The SMILES string of the molecule is Cc1ccc([N+](=O)[O-])cc1S(=O)(=O)N1CCN(C(=O)CCc2nc3ccccc3s2)CC1. The van der Waals surface area contributed by atoms with E-state index in [2.05, 4.69) is 4.98 Å². The number of para-hydroxylation sites is 1. The number of hydrogen-bond acceptors (Lipinski definition) is 7. The first-order valence-corrected chi connectivity index (χ1v) is 12.4. The van der Waals surface area contributed by atoms with Crippen molar-refractivity contribution in [1.82, 2.24) is 14.2 Å². The Balaban J connectivity index is 1.37. The standard InChI is InChI=1S/C21H22N4O5S2/c1-15-6-7-16(25(27)28)14-19(15)32(29,30)24-12-10-23(11-13-24)21(26)9-8-20-22-17-4-2-3-5-18(17)31-20/h2-7,14H,8-13H2,1H3. The van der Waals surface area contributed by atoms with E-state index < -0.39 is 14.9 Å². The Bertz CT molecular complexity index is 1250. The molecule has 0 spiro atoms. The molecule has 0 aliphatic carbocycles. The third-order valence-corrected chi connectivity index (χ3v) is 8.62. The molecule has 1 amide bonds. The summed E-state index contributed by atoms with van der Waals surface area (Å²) in [5.74, 6) is -0.0344. The highest BCUT2D eigenvalue weighted by Crippen LogP contribution is 2.26. The van der Waals surface area contributed by atoms with Crippen LogP contribution in [0.3, 0.4) is 0 Å². The van der Waals surface area contributed by atoms with Gasteiger partial charge in [0.2, 0.25) is 15.9 Å². The van der Waals surface area contributed by atoms with Gasteiger partial charge in [-0.3, -0.25) is 14.9 Å². The second-order valence-corrected chi connectivity index (χ2v) is 10.6. The Labute approximate surface area is 189 Å². The molecule has 0 radical (unpaired) electrons. The molecule has 2 aromatic carbocycles. The number of piperazine rings is 1. The maximum Gasteiger partial charge on any atom is 0.270 e. The van der Waals surface area contributed by atoms with Crippen LogP contribution < -0.4 is 0 Å². The second kappa shape index (κ2) is 8.93. The lowest BCUT2D eigenvalue weighted by Crippen LogP contribution is -2.50. The van der Waals surface area contributed by atoms with Gasteiger partial charge in [0, 0.05) is 51.2 Å². The second-order valence-electron chi connectivity index (χ2n) is 7.57. The number of carbonyl (C=O) groups is 1. The van der Waals surface area contributed by atoms with Crippen LogP contribution in [0.15, 0.2) is 47.4 Å². The summed E-state index contributed by atoms with van der Waals surface area (Å²) in [5, 5.41) is 12.0. The number of sulfonamides is 1. The van der Waals surface area contributed by atoms with Crippen LogP contribution in [0.4, 0.5) is 5.69 Å². The molecule has 4 rings (SSSR count). The minimum atomic E-state index is -3.89. The molecule has 11 heteroatoms. The van der Waals surface area contributed by atoms with Crippen LogP contribution in [-0.2, 0) is 21.2 Å². The average Bonchev–Trinajstić information content (AvgIpc) is 3.20. The lowest BCUT2D eigenvalue weighted by molar-refractivity contribution is -0.385. The van der Waals surface area contributed by atoms with E-state index in [0.29, 0.717) is 18.4 Å². The molecule has 0 atom stereocenters. The molecule has 1 fully saturated rings. The monoisotopic (exact) mass is 474 g/mol. The molecule has 3 aromatic rings. The van der Waals surface area contributed by atoms with Crippen LogP contribution in [0, 0.1) is 17.0 Å². The summed E-state index contributed by atoms with van der Waals surface area (Å²) < 4.78 is 28.5. The first kappa shape index (κ1) is 22.3. The fraction of sp³-hybridized carbons (Fsp3) is 0.333. The summed E-state index contributed by atoms with van der Waals surface area (Å²) in [7, 11) is -3.89. The number of nitro benzene ring substituents is 1. The fourth-order valence-corrected chi connectivity index (χ4v) is 6.33. The highest BCUT2D eigenvalue weighted by molar-refractivity contribution is 7.89. The molecular weight excluding hydrogens is 452 g/mol. The Morgan fingerprint density at radius 3 is 2.56 bits per heavy atom. The molecule has 2 heterocycles. The Kier molecular flexibility index (Phi) is 6.22. The van der Waals surface area contributed by atoms with Gasteiger partial charge >= 0.3 is 0 Å². The van der Waals surface area contributed by atoms with Gasteiger partial charge in [-0.1, -0.05) is 18.2 Å². The number of nitrogens with zero attached hydrogens (tertiary/aromatic N) is 4. The number of carbonyl (C=O) groups excluding carboxylic acids is 1. The third kappa shape index (κ3) is 4.50. The quantitative estimate of drug-likeness (QED) is 0.401. The van der Waals surface area contributed by atoms with Gasteiger partial charge in [0.25, 0.3) is 5.69 Å². The van der Waals surface area contributed by atoms with Gasteiger partial charge in [0.15, 0.2) is 0 Å². The van der Waals surface area contributed by atoms with Gasteiger partial charge in [0.05, 0.1) is 25.0 Å². The van der Waals surface area contributed by atoms with Crippen LogP contribution >= 0.6 is 11.3 Å². The first-order chi connectivity index (χ1) is 15.3. The molecule has 0 unspecified atom stereocenters. The van der Waals surface area contributed by atoms with Gasteiger partial charge in [-0.25, -0.2) is 13.4 Å². The molecule has 1 aromatic heterocycles. The zero-order chi connectivity index (χ0) is 22.9. The number of non-ortho nitro benzene ring substituents is 1. The predicted molar refractivity (Wildman–Crippen MR) is 121 cm³/mol. The summed E-state index contributed by atoms with van der Waals surface area (Å²) in [6, 6.07) is 11.7. The van der Waals surface area contributed by atoms with Crippen LogP contribution in [0.2, 0.25) is 0 Å². The van der Waals surface area contributed by atoms with Crippen molar-refractivity contribution in [2.24, 2.45) is 0 Å². The fourth-order valence-electron chi connectivity index (χ4n) is 3.70. The number of rotatable bonds is 6. The van der Waals surface area contributed by atoms with Crippen LogP contribution in [0.5, 0.6) is 0 Å². The Morgan fingerprint density at radius 1 is 1.16 bits per heavy atom. The highest BCUT2D eigenvalue weighted by Gasteiger charge is 2.32. The summed E-state index contributed by atoms with van der Waals surface area (Å²) in [6.07, 6.45) is 0.861. The number of amides is 1. The van der Waals surface area contributed by atoms with Crippen molar-refractivity contribution in [1.29, 1.82) is 0 Å². The number of aryl methyl sites for hydroxylation is 2. The Hall–Kier alpha value is -2.89. The zero-order valence-corrected chi connectivity index (χ0v) is 19.1. The van der Waals surface area contributed by atoms with E-state index in [9.17, 15) is 23.3 Å². The van der Waals surface area contributed by atoms with Crippen molar-refractivity contribution in [3.8, 4) is 0 Å². The third-order valence-electron chi connectivity index (χ3n) is 5.48. The average molecular weight is 475 g/mol. The van der Waals surface area contributed by atoms with E-state index in [1.54, 1.807) is 23.2 Å². The van der Waals surface area contributed by atoms with Crippen molar-refractivity contribution in [3.63, 3.8) is 0 Å². The smallest absolute Gasteiger partial charge is 0.270 e. The van der Waals surface area contributed by atoms with Gasteiger partial charge < -0.3 is 4.90 Å². The minimum Gasteiger partial charge on any atom is -0.340 e. The number of benzene rings is 2. The van der Waals surface area contributed by atoms with Crippen molar-refractivity contribution >= 4 is 43.2 Å². The molecule has 9 nitrogen and oxygen atoms in total.